The van der Waals surface area contributed by atoms with E-state index in [9.17, 15) is 10.2 Å². The zero-order valence-electron chi connectivity index (χ0n) is 16.6. The number of aromatic nitrogens is 3. The largest absolute Gasteiger partial charge is 0.456 e. The fraction of sp³-hybridized carbons (Fsp3) is 0.364. The van der Waals surface area contributed by atoms with E-state index in [1.807, 2.05) is 24.3 Å². The van der Waals surface area contributed by atoms with Crippen molar-refractivity contribution in [3.8, 4) is 29.1 Å². The fourth-order valence-corrected chi connectivity index (χ4v) is 4.00. The number of aliphatic hydroxyl groups excluding tert-OH is 2. The Morgan fingerprint density at radius 3 is 2.74 bits per heavy atom. The second-order valence-corrected chi connectivity index (χ2v) is 7.98. The molecular formula is C22H20ClN3O5. The van der Waals surface area contributed by atoms with Crippen molar-refractivity contribution in [3.05, 3.63) is 40.9 Å². The maximum absolute atomic E-state index is 9.87. The number of benzene rings is 1. The van der Waals surface area contributed by atoms with Gasteiger partial charge in [0.1, 0.15) is 24.4 Å². The average Bonchev–Trinajstić information content (AvgIpc) is 3.43. The number of halogens is 1. The SMILES string of the molecule is CC(O)C#Cc1ccc(-c2nc3nc(OC4CO[C@@H]5C(O)CO[C@H]45)[nH]c3cc2Cl)cc1. The van der Waals surface area contributed by atoms with Crippen LogP contribution in [-0.2, 0) is 9.47 Å². The van der Waals surface area contributed by atoms with Crippen molar-refractivity contribution in [3.63, 3.8) is 0 Å². The molecule has 8 nitrogen and oxygen atoms in total. The average molecular weight is 442 g/mol. The second-order valence-electron chi connectivity index (χ2n) is 7.57. The summed E-state index contributed by atoms with van der Waals surface area (Å²) in [7, 11) is 0. The lowest BCUT2D eigenvalue weighted by Gasteiger charge is -2.15. The Kier molecular flexibility index (Phi) is 5.30. The summed E-state index contributed by atoms with van der Waals surface area (Å²) < 4.78 is 17.1. The van der Waals surface area contributed by atoms with Crippen LogP contribution in [0.1, 0.15) is 12.5 Å². The molecule has 9 heteroatoms. The Hall–Kier alpha value is -2.67. The first-order valence-electron chi connectivity index (χ1n) is 9.92. The van der Waals surface area contributed by atoms with Gasteiger partial charge in [0.2, 0.25) is 0 Å². The number of fused-ring (bicyclic) bond motifs is 2. The number of nitrogens with zero attached hydrogens (tertiary/aromatic N) is 2. The van der Waals surface area contributed by atoms with Gasteiger partial charge in [0.15, 0.2) is 11.8 Å². The number of H-pyrrole nitrogens is 1. The number of imidazole rings is 1. The first kappa shape index (κ1) is 20.2. The Balaban J connectivity index is 1.38. The zero-order chi connectivity index (χ0) is 21.5. The first-order valence-corrected chi connectivity index (χ1v) is 10.3. The lowest BCUT2D eigenvalue weighted by atomic mass is 10.1. The Morgan fingerprint density at radius 2 is 1.97 bits per heavy atom. The molecule has 2 aromatic heterocycles. The summed E-state index contributed by atoms with van der Waals surface area (Å²) in [4.78, 5) is 12.1. The summed E-state index contributed by atoms with van der Waals surface area (Å²) in [6.45, 7) is 2.16. The summed E-state index contributed by atoms with van der Waals surface area (Å²) in [5.74, 6) is 5.61. The van der Waals surface area contributed by atoms with Crippen molar-refractivity contribution in [2.24, 2.45) is 0 Å². The third kappa shape index (κ3) is 3.99. The van der Waals surface area contributed by atoms with Crippen molar-refractivity contribution in [1.29, 1.82) is 0 Å². The monoisotopic (exact) mass is 441 g/mol. The molecule has 2 saturated heterocycles. The van der Waals surface area contributed by atoms with Gasteiger partial charge in [0, 0.05) is 11.1 Å². The van der Waals surface area contributed by atoms with Crippen LogP contribution in [0.3, 0.4) is 0 Å². The van der Waals surface area contributed by atoms with Gasteiger partial charge in [0.25, 0.3) is 6.01 Å². The van der Waals surface area contributed by atoms with E-state index in [-0.39, 0.29) is 24.9 Å². The van der Waals surface area contributed by atoms with E-state index < -0.39 is 12.2 Å². The third-order valence-corrected chi connectivity index (χ3v) is 5.52. The number of aliphatic hydroxyl groups is 2. The van der Waals surface area contributed by atoms with E-state index in [0.29, 0.717) is 34.5 Å². The van der Waals surface area contributed by atoms with Gasteiger partial charge in [-0.25, -0.2) is 4.98 Å². The zero-order valence-corrected chi connectivity index (χ0v) is 17.3. The van der Waals surface area contributed by atoms with E-state index >= 15 is 0 Å². The van der Waals surface area contributed by atoms with Gasteiger partial charge in [-0.15, -0.1) is 0 Å². The summed E-state index contributed by atoms with van der Waals surface area (Å²) in [6.07, 6.45) is -2.39. The van der Waals surface area contributed by atoms with Gasteiger partial charge >= 0.3 is 0 Å². The highest BCUT2D eigenvalue weighted by Crippen LogP contribution is 2.32. The molecule has 2 fully saturated rings. The number of ether oxygens (including phenoxy) is 3. The van der Waals surface area contributed by atoms with Crippen molar-refractivity contribution >= 4 is 22.8 Å². The lowest BCUT2D eigenvalue weighted by molar-refractivity contribution is 0.00706. The summed E-state index contributed by atoms with van der Waals surface area (Å²) in [6, 6.07) is 9.48. The normalized spacial score (nSPS) is 25.8. The van der Waals surface area contributed by atoms with E-state index in [1.165, 1.54) is 0 Å². The van der Waals surface area contributed by atoms with Gasteiger partial charge < -0.3 is 29.4 Å². The molecule has 1 aromatic carbocycles. The highest BCUT2D eigenvalue weighted by atomic mass is 35.5. The van der Waals surface area contributed by atoms with Gasteiger partial charge in [-0.2, -0.15) is 4.98 Å². The molecule has 2 aliphatic rings. The molecule has 0 spiro atoms. The van der Waals surface area contributed by atoms with E-state index in [1.54, 1.807) is 13.0 Å². The van der Waals surface area contributed by atoms with Gasteiger partial charge in [-0.05, 0) is 25.1 Å². The van der Waals surface area contributed by atoms with Crippen molar-refractivity contribution in [2.75, 3.05) is 13.2 Å². The van der Waals surface area contributed by atoms with Crippen LogP contribution < -0.4 is 4.74 Å². The van der Waals surface area contributed by atoms with Crippen LogP contribution in [0.2, 0.25) is 5.02 Å². The molecule has 0 bridgehead atoms. The minimum atomic E-state index is -0.679. The van der Waals surface area contributed by atoms with Crippen LogP contribution in [0.4, 0.5) is 0 Å². The smallest absolute Gasteiger partial charge is 0.296 e. The second kappa shape index (κ2) is 8.11. The Labute approximate surface area is 183 Å². The number of rotatable bonds is 3. The standard InChI is InChI=1S/C22H20ClN3O5/c1-11(27)2-3-12-4-6-13(7-5-12)18-14(23)8-15-21(25-18)26-22(24-15)31-17-10-30-19-16(28)9-29-20(17)19/h4-8,11,16-17,19-20,27-28H,9-10H2,1H3,(H,24,25,26)/t11?,16?,17?,19-,20-/m1/s1. The van der Waals surface area contributed by atoms with Crippen LogP contribution in [0.5, 0.6) is 6.01 Å². The van der Waals surface area contributed by atoms with Crippen LogP contribution in [0, 0.1) is 11.8 Å². The van der Waals surface area contributed by atoms with Crippen LogP contribution >= 0.6 is 11.6 Å². The minimum Gasteiger partial charge on any atom is -0.456 e. The molecule has 3 unspecified atom stereocenters. The fourth-order valence-electron chi connectivity index (χ4n) is 3.74. The molecule has 2 aliphatic heterocycles. The maximum Gasteiger partial charge on any atom is 0.296 e. The molecule has 5 atom stereocenters. The number of hydrogen-bond donors (Lipinski definition) is 3. The molecule has 31 heavy (non-hydrogen) atoms. The van der Waals surface area contributed by atoms with Crippen LogP contribution in [0.15, 0.2) is 30.3 Å². The summed E-state index contributed by atoms with van der Waals surface area (Å²) in [5, 5.41) is 19.6. The quantitative estimate of drug-likeness (QED) is 0.532. The van der Waals surface area contributed by atoms with Crippen LogP contribution in [-0.4, -0.2) is 68.9 Å². The van der Waals surface area contributed by atoms with Crippen molar-refractivity contribution in [1.82, 2.24) is 15.0 Å². The summed E-state index contributed by atoms with van der Waals surface area (Å²) in [5.41, 5.74) is 3.31. The molecule has 3 N–H and O–H groups in total. The highest BCUT2D eigenvalue weighted by molar-refractivity contribution is 6.33. The maximum atomic E-state index is 9.87. The Bertz CT molecular complexity index is 1170. The highest BCUT2D eigenvalue weighted by Gasteiger charge is 2.48. The number of aromatic amines is 1. The predicted molar refractivity (Wildman–Crippen MR) is 113 cm³/mol. The number of pyridine rings is 1. The molecule has 160 valence electrons. The number of nitrogens with one attached hydrogen (secondary N) is 1. The van der Waals surface area contributed by atoms with Gasteiger partial charge in [-0.3, -0.25) is 0 Å². The molecule has 5 rings (SSSR count). The van der Waals surface area contributed by atoms with E-state index in [4.69, 9.17) is 25.8 Å². The van der Waals surface area contributed by atoms with Crippen LogP contribution in [0.25, 0.3) is 22.4 Å². The number of hydrogen-bond acceptors (Lipinski definition) is 7. The van der Waals surface area contributed by atoms with Gasteiger partial charge in [-0.1, -0.05) is 35.6 Å². The van der Waals surface area contributed by atoms with E-state index in [2.05, 4.69) is 26.8 Å². The molecule has 0 radical (unpaired) electrons. The topological polar surface area (TPSA) is 110 Å². The molecule has 0 amide bonds. The molecule has 4 heterocycles. The molecular weight excluding hydrogens is 422 g/mol. The van der Waals surface area contributed by atoms with E-state index in [0.717, 1.165) is 11.1 Å². The minimum absolute atomic E-state index is 0.235. The molecule has 3 aromatic rings. The Morgan fingerprint density at radius 1 is 1.19 bits per heavy atom. The predicted octanol–water partition coefficient (Wildman–Crippen LogP) is 1.92. The molecule has 0 saturated carbocycles. The first-order chi connectivity index (χ1) is 15.0. The summed E-state index contributed by atoms with van der Waals surface area (Å²) >= 11 is 6.47. The van der Waals surface area contributed by atoms with Crippen molar-refractivity contribution < 1.29 is 24.4 Å². The molecule has 0 aliphatic carbocycles. The third-order valence-electron chi connectivity index (χ3n) is 5.23. The van der Waals surface area contributed by atoms with Crippen molar-refractivity contribution in [2.45, 2.75) is 37.4 Å². The van der Waals surface area contributed by atoms with Gasteiger partial charge in [0.05, 0.1) is 29.4 Å². The lowest BCUT2D eigenvalue weighted by Crippen LogP contribution is -2.34.